The number of hydrogen-bond donors (Lipinski definition) is 1. The Morgan fingerprint density at radius 3 is 2.53 bits per heavy atom. The third-order valence-electron chi connectivity index (χ3n) is 3.88. The highest BCUT2D eigenvalue weighted by atomic mass is 19.2. The molecule has 2 atom stereocenters. The molecule has 1 aromatic rings. The Kier molecular flexibility index (Phi) is 4.47. The van der Waals surface area contributed by atoms with Crippen molar-refractivity contribution in [1.82, 2.24) is 4.90 Å². The van der Waals surface area contributed by atoms with Crippen LogP contribution < -0.4 is 5.73 Å². The van der Waals surface area contributed by atoms with Crippen molar-refractivity contribution in [1.29, 1.82) is 0 Å². The summed E-state index contributed by atoms with van der Waals surface area (Å²) < 4.78 is 40.2. The minimum Gasteiger partial charge on any atom is -0.329 e. The van der Waals surface area contributed by atoms with Crippen LogP contribution in [0.1, 0.15) is 37.8 Å². The normalized spacial score (nSPS) is 22.5. The summed E-state index contributed by atoms with van der Waals surface area (Å²) in [6.07, 6.45) is 3.17. The number of nitrogens with zero attached hydrogens (tertiary/aromatic N) is 1. The van der Waals surface area contributed by atoms with Crippen LogP contribution in [0.2, 0.25) is 0 Å². The van der Waals surface area contributed by atoms with Crippen LogP contribution >= 0.6 is 0 Å². The van der Waals surface area contributed by atoms with Gasteiger partial charge in [-0.15, -0.1) is 0 Å². The number of rotatable bonds is 3. The second kappa shape index (κ2) is 5.92. The van der Waals surface area contributed by atoms with Gasteiger partial charge in [0.05, 0.1) is 6.04 Å². The van der Waals surface area contributed by atoms with E-state index in [9.17, 15) is 13.2 Å². The number of halogens is 3. The van der Waals surface area contributed by atoms with Crippen molar-refractivity contribution in [3.63, 3.8) is 0 Å². The number of likely N-dealkylation sites (tertiary alicyclic amines) is 1. The first-order chi connectivity index (χ1) is 9.04. The molecule has 19 heavy (non-hydrogen) atoms. The first-order valence-corrected chi connectivity index (χ1v) is 6.65. The van der Waals surface area contributed by atoms with E-state index in [0.29, 0.717) is 6.07 Å². The Hall–Kier alpha value is -1.07. The van der Waals surface area contributed by atoms with Gasteiger partial charge in [-0.2, -0.15) is 0 Å². The topological polar surface area (TPSA) is 29.3 Å². The van der Waals surface area contributed by atoms with Crippen LogP contribution in [-0.2, 0) is 0 Å². The van der Waals surface area contributed by atoms with Crippen LogP contribution in [0.3, 0.4) is 0 Å². The maximum absolute atomic E-state index is 13.9. The molecule has 1 saturated heterocycles. The van der Waals surface area contributed by atoms with Crippen molar-refractivity contribution < 1.29 is 13.2 Å². The van der Waals surface area contributed by atoms with Gasteiger partial charge in [0.15, 0.2) is 11.6 Å². The molecule has 2 nitrogen and oxygen atoms in total. The largest absolute Gasteiger partial charge is 0.329 e. The molecule has 0 aliphatic carbocycles. The lowest BCUT2D eigenvalue weighted by atomic mass is 9.96. The fourth-order valence-electron chi connectivity index (χ4n) is 2.82. The lowest BCUT2D eigenvalue weighted by Gasteiger charge is -2.39. The molecule has 0 amide bonds. The minimum absolute atomic E-state index is 0.148. The Morgan fingerprint density at radius 1 is 1.21 bits per heavy atom. The highest BCUT2D eigenvalue weighted by molar-refractivity contribution is 5.24. The first kappa shape index (κ1) is 14.3. The van der Waals surface area contributed by atoms with Crippen molar-refractivity contribution in [2.75, 3.05) is 13.1 Å². The van der Waals surface area contributed by atoms with E-state index in [-0.39, 0.29) is 18.2 Å². The summed E-state index contributed by atoms with van der Waals surface area (Å²) in [5.41, 5.74) is 5.88. The quantitative estimate of drug-likeness (QED) is 0.857. The van der Waals surface area contributed by atoms with Crippen LogP contribution in [-0.4, -0.2) is 24.0 Å². The molecule has 5 heteroatoms. The molecule has 1 heterocycles. The van der Waals surface area contributed by atoms with Crippen LogP contribution in [0.5, 0.6) is 0 Å². The summed E-state index contributed by atoms with van der Waals surface area (Å²) in [4.78, 5) is 2.08. The summed E-state index contributed by atoms with van der Waals surface area (Å²) >= 11 is 0. The number of piperidine rings is 1. The van der Waals surface area contributed by atoms with Crippen LogP contribution in [0, 0.1) is 17.5 Å². The van der Waals surface area contributed by atoms with Gasteiger partial charge in [-0.3, -0.25) is 4.90 Å². The predicted octanol–water partition coefficient (Wildman–Crippen LogP) is 2.98. The summed E-state index contributed by atoms with van der Waals surface area (Å²) in [5, 5.41) is 0. The molecule has 1 fully saturated rings. The molecule has 2 N–H and O–H groups in total. The maximum atomic E-state index is 13.9. The average molecular weight is 272 g/mol. The Bertz CT molecular complexity index is 451. The van der Waals surface area contributed by atoms with E-state index in [1.165, 1.54) is 0 Å². The van der Waals surface area contributed by atoms with E-state index in [0.717, 1.165) is 31.9 Å². The van der Waals surface area contributed by atoms with Gasteiger partial charge in [0.2, 0.25) is 0 Å². The SMILES string of the molecule is CC1CCCCN1C(CN)c1cc(F)c(F)cc1F. The zero-order valence-corrected chi connectivity index (χ0v) is 11.0. The van der Waals surface area contributed by atoms with Gasteiger partial charge in [0.1, 0.15) is 5.82 Å². The monoisotopic (exact) mass is 272 g/mol. The predicted molar refractivity (Wildman–Crippen MR) is 68.1 cm³/mol. The molecular weight excluding hydrogens is 253 g/mol. The molecule has 1 aliphatic heterocycles. The van der Waals surface area contributed by atoms with E-state index < -0.39 is 23.5 Å². The third kappa shape index (κ3) is 2.92. The van der Waals surface area contributed by atoms with Crippen LogP contribution in [0.4, 0.5) is 13.2 Å². The summed E-state index contributed by atoms with van der Waals surface area (Å²) in [7, 11) is 0. The summed E-state index contributed by atoms with van der Waals surface area (Å²) in [6, 6.07) is 1.41. The zero-order valence-electron chi connectivity index (χ0n) is 11.0. The highest BCUT2D eigenvalue weighted by Gasteiger charge is 2.28. The Labute approximate surface area is 111 Å². The molecule has 106 valence electrons. The molecule has 0 saturated carbocycles. The van der Waals surface area contributed by atoms with Crippen molar-refractivity contribution in [2.24, 2.45) is 5.73 Å². The molecule has 0 spiro atoms. The maximum Gasteiger partial charge on any atom is 0.161 e. The Morgan fingerprint density at radius 2 is 1.89 bits per heavy atom. The van der Waals surface area contributed by atoms with E-state index >= 15 is 0 Å². The average Bonchev–Trinajstić information content (AvgIpc) is 2.38. The third-order valence-corrected chi connectivity index (χ3v) is 3.88. The molecule has 2 unspecified atom stereocenters. The van der Waals surface area contributed by atoms with Crippen molar-refractivity contribution >= 4 is 0 Å². The highest BCUT2D eigenvalue weighted by Crippen LogP contribution is 2.30. The molecule has 0 aromatic heterocycles. The fourth-order valence-corrected chi connectivity index (χ4v) is 2.82. The number of hydrogen-bond acceptors (Lipinski definition) is 2. The van der Waals surface area contributed by atoms with Gasteiger partial charge in [-0.1, -0.05) is 6.42 Å². The van der Waals surface area contributed by atoms with Gasteiger partial charge >= 0.3 is 0 Å². The van der Waals surface area contributed by atoms with E-state index in [4.69, 9.17) is 5.73 Å². The molecular formula is C14H19F3N2. The van der Waals surface area contributed by atoms with Gasteiger partial charge < -0.3 is 5.73 Å². The zero-order chi connectivity index (χ0) is 14.0. The van der Waals surface area contributed by atoms with Gasteiger partial charge in [0.25, 0.3) is 0 Å². The minimum atomic E-state index is -1.16. The molecule has 0 radical (unpaired) electrons. The lowest BCUT2D eigenvalue weighted by Crippen LogP contribution is -2.43. The molecule has 1 aliphatic rings. The van der Waals surface area contributed by atoms with E-state index in [2.05, 4.69) is 11.8 Å². The molecule has 1 aromatic carbocycles. The van der Waals surface area contributed by atoms with Crippen molar-refractivity contribution in [2.45, 2.75) is 38.3 Å². The Balaban J connectivity index is 2.33. The van der Waals surface area contributed by atoms with Crippen molar-refractivity contribution in [3.8, 4) is 0 Å². The first-order valence-electron chi connectivity index (χ1n) is 6.65. The number of nitrogens with two attached hydrogens (primary N) is 1. The lowest BCUT2D eigenvalue weighted by molar-refractivity contribution is 0.106. The summed E-state index contributed by atoms with van der Waals surface area (Å²) in [6.45, 7) is 3.05. The van der Waals surface area contributed by atoms with Crippen LogP contribution in [0.15, 0.2) is 12.1 Å². The standard InChI is InChI=1S/C14H19F3N2/c1-9-4-2-3-5-19(9)14(8-18)10-6-12(16)13(17)7-11(10)15/h6-7,9,14H,2-5,8,18H2,1H3. The second-order valence-electron chi connectivity index (χ2n) is 5.12. The fraction of sp³-hybridized carbons (Fsp3) is 0.571. The van der Waals surface area contributed by atoms with Gasteiger partial charge in [-0.25, -0.2) is 13.2 Å². The number of benzene rings is 1. The smallest absolute Gasteiger partial charge is 0.161 e. The summed E-state index contributed by atoms with van der Waals surface area (Å²) in [5.74, 6) is -2.92. The van der Waals surface area contributed by atoms with Crippen LogP contribution in [0.25, 0.3) is 0 Å². The molecule has 0 bridgehead atoms. The second-order valence-corrected chi connectivity index (χ2v) is 5.12. The van der Waals surface area contributed by atoms with Gasteiger partial charge in [0, 0.05) is 24.2 Å². The van der Waals surface area contributed by atoms with Crippen molar-refractivity contribution in [3.05, 3.63) is 35.1 Å². The molecule has 2 rings (SSSR count). The van der Waals surface area contributed by atoms with E-state index in [1.54, 1.807) is 0 Å². The van der Waals surface area contributed by atoms with Gasteiger partial charge in [-0.05, 0) is 32.4 Å². The van der Waals surface area contributed by atoms with E-state index in [1.807, 2.05) is 0 Å².